The molecule has 16 heavy (non-hydrogen) atoms. The molecule has 2 aromatic rings. The lowest BCUT2D eigenvalue weighted by molar-refractivity contribution is 1.27. The van der Waals surface area contributed by atoms with E-state index in [1.165, 1.54) is 6.07 Å². The molecule has 82 valence electrons. The van der Waals surface area contributed by atoms with Crippen molar-refractivity contribution in [3.63, 3.8) is 0 Å². The standard InChI is InChI=1S/C11H10ClN3O/c12-5-10(13)15-9-3-1-2-7-6-14-11(16)4-8(7)9/h1-4,6H,5H2,(H2,13,15)(H,14,16). The number of aromatic nitrogens is 1. The zero-order valence-corrected chi connectivity index (χ0v) is 9.16. The van der Waals surface area contributed by atoms with Gasteiger partial charge in [0.15, 0.2) is 0 Å². The van der Waals surface area contributed by atoms with E-state index < -0.39 is 0 Å². The van der Waals surface area contributed by atoms with Crippen LogP contribution in [0.25, 0.3) is 10.8 Å². The lowest BCUT2D eigenvalue weighted by atomic mass is 10.1. The molecule has 1 aromatic carbocycles. The number of aliphatic imine (C=N–C) groups is 1. The van der Waals surface area contributed by atoms with Gasteiger partial charge in [0.1, 0.15) is 5.84 Å². The molecule has 0 amide bonds. The molecule has 0 radical (unpaired) electrons. The van der Waals surface area contributed by atoms with Crippen LogP contribution >= 0.6 is 11.6 Å². The van der Waals surface area contributed by atoms with E-state index in [0.717, 1.165) is 10.8 Å². The number of hydrogen-bond acceptors (Lipinski definition) is 2. The summed E-state index contributed by atoms with van der Waals surface area (Å²) in [6.07, 6.45) is 1.65. The van der Waals surface area contributed by atoms with Crippen LogP contribution in [0.1, 0.15) is 0 Å². The minimum absolute atomic E-state index is 0.166. The third-order valence-corrected chi connectivity index (χ3v) is 2.44. The Balaban J connectivity index is 2.70. The SMILES string of the molecule is NC(CCl)=Nc1cccc2c[nH]c(=O)cc12. The molecule has 0 fully saturated rings. The number of alkyl halides is 1. The Morgan fingerprint density at radius 1 is 1.50 bits per heavy atom. The number of amidine groups is 1. The molecule has 0 atom stereocenters. The second-order valence-corrected chi connectivity index (χ2v) is 3.58. The highest BCUT2D eigenvalue weighted by Gasteiger charge is 2.00. The molecular weight excluding hydrogens is 226 g/mol. The fraction of sp³-hybridized carbons (Fsp3) is 0.0909. The van der Waals surface area contributed by atoms with Crippen molar-refractivity contribution in [1.82, 2.24) is 4.98 Å². The number of benzene rings is 1. The van der Waals surface area contributed by atoms with Crippen molar-refractivity contribution in [1.29, 1.82) is 0 Å². The molecule has 5 heteroatoms. The fourth-order valence-corrected chi connectivity index (χ4v) is 1.52. The van der Waals surface area contributed by atoms with Crippen molar-refractivity contribution < 1.29 is 0 Å². The van der Waals surface area contributed by atoms with E-state index in [-0.39, 0.29) is 11.4 Å². The highest BCUT2D eigenvalue weighted by atomic mass is 35.5. The largest absolute Gasteiger partial charge is 0.386 e. The predicted molar refractivity (Wildman–Crippen MR) is 66.6 cm³/mol. The minimum atomic E-state index is -0.167. The van der Waals surface area contributed by atoms with Crippen LogP contribution in [-0.2, 0) is 0 Å². The summed E-state index contributed by atoms with van der Waals surface area (Å²) in [7, 11) is 0. The van der Waals surface area contributed by atoms with Gasteiger partial charge < -0.3 is 10.7 Å². The highest BCUT2D eigenvalue weighted by molar-refractivity contribution is 6.28. The van der Waals surface area contributed by atoms with Gasteiger partial charge >= 0.3 is 0 Å². The van der Waals surface area contributed by atoms with Crippen molar-refractivity contribution in [3.05, 3.63) is 40.8 Å². The molecular formula is C11H10ClN3O. The third kappa shape index (κ3) is 2.06. The molecule has 1 heterocycles. The van der Waals surface area contributed by atoms with E-state index in [1.54, 1.807) is 12.3 Å². The van der Waals surface area contributed by atoms with E-state index >= 15 is 0 Å². The van der Waals surface area contributed by atoms with Crippen molar-refractivity contribution in [2.45, 2.75) is 0 Å². The topological polar surface area (TPSA) is 71.2 Å². The summed E-state index contributed by atoms with van der Waals surface area (Å²) >= 11 is 5.56. The molecule has 1 aromatic heterocycles. The molecule has 0 bridgehead atoms. The van der Waals surface area contributed by atoms with Gasteiger partial charge in [-0.1, -0.05) is 12.1 Å². The molecule has 2 rings (SSSR count). The van der Waals surface area contributed by atoms with Crippen LogP contribution in [0.15, 0.2) is 40.2 Å². The molecule has 0 aliphatic carbocycles. The van der Waals surface area contributed by atoms with Gasteiger partial charge in [0, 0.05) is 23.0 Å². The summed E-state index contributed by atoms with van der Waals surface area (Å²) in [5, 5.41) is 1.67. The van der Waals surface area contributed by atoms with Crippen LogP contribution in [-0.4, -0.2) is 16.7 Å². The molecule has 0 aliphatic heterocycles. The molecule has 3 N–H and O–H groups in total. The Bertz CT molecular complexity index is 603. The second-order valence-electron chi connectivity index (χ2n) is 3.31. The molecule has 0 saturated heterocycles. The number of nitrogens with two attached hydrogens (primary N) is 1. The van der Waals surface area contributed by atoms with Gasteiger partial charge in [0.25, 0.3) is 0 Å². The molecule has 4 nitrogen and oxygen atoms in total. The van der Waals surface area contributed by atoms with Crippen molar-refractivity contribution in [3.8, 4) is 0 Å². The van der Waals surface area contributed by atoms with Gasteiger partial charge in [0.05, 0.1) is 11.6 Å². The van der Waals surface area contributed by atoms with Crippen LogP contribution in [0.4, 0.5) is 5.69 Å². The Hall–Kier alpha value is -1.81. The summed E-state index contributed by atoms with van der Waals surface area (Å²) in [5.74, 6) is 0.494. The Labute approximate surface area is 96.8 Å². The van der Waals surface area contributed by atoms with Crippen molar-refractivity contribution in [2.24, 2.45) is 10.7 Å². The summed E-state index contributed by atoms with van der Waals surface area (Å²) < 4.78 is 0. The highest BCUT2D eigenvalue weighted by Crippen LogP contribution is 2.23. The lowest BCUT2D eigenvalue weighted by Gasteiger charge is -2.01. The van der Waals surface area contributed by atoms with E-state index in [0.29, 0.717) is 11.5 Å². The number of nitrogens with one attached hydrogen (secondary N) is 1. The van der Waals surface area contributed by atoms with Crippen LogP contribution in [0.2, 0.25) is 0 Å². The number of hydrogen-bond donors (Lipinski definition) is 2. The van der Waals surface area contributed by atoms with Gasteiger partial charge in [-0.25, -0.2) is 4.99 Å². The molecule has 0 aliphatic rings. The number of halogens is 1. The van der Waals surface area contributed by atoms with E-state index in [9.17, 15) is 4.79 Å². The average molecular weight is 236 g/mol. The molecule has 0 spiro atoms. The number of H-pyrrole nitrogens is 1. The number of pyridine rings is 1. The summed E-state index contributed by atoms with van der Waals surface area (Å²) in [5.41, 5.74) is 6.05. The number of fused-ring (bicyclic) bond motifs is 1. The monoisotopic (exact) mass is 235 g/mol. The maximum atomic E-state index is 11.2. The lowest BCUT2D eigenvalue weighted by Crippen LogP contribution is -2.12. The van der Waals surface area contributed by atoms with Gasteiger partial charge in [-0.2, -0.15) is 0 Å². The van der Waals surface area contributed by atoms with Crippen LogP contribution in [0, 0.1) is 0 Å². The molecule has 0 saturated carbocycles. The Morgan fingerprint density at radius 2 is 2.31 bits per heavy atom. The first-order valence-corrected chi connectivity index (χ1v) is 5.24. The summed E-state index contributed by atoms with van der Waals surface area (Å²) in [6.45, 7) is 0. The fourth-order valence-electron chi connectivity index (χ4n) is 1.46. The normalized spacial score (nSPS) is 11.9. The average Bonchev–Trinajstić information content (AvgIpc) is 2.29. The van der Waals surface area contributed by atoms with Crippen LogP contribution in [0.5, 0.6) is 0 Å². The smallest absolute Gasteiger partial charge is 0.248 e. The van der Waals surface area contributed by atoms with Crippen LogP contribution < -0.4 is 11.3 Å². The number of aromatic amines is 1. The van der Waals surface area contributed by atoms with E-state index in [1.807, 2.05) is 12.1 Å². The first-order valence-electron chi connectivity index (χ1n) is 4.71. The first-order chi connectivity index (χ1) is 7.70. The van der Waals surface area contributed by atoms with Crippen LogP contribution in [0.3, 0.4) is 0 Å². The van der Waals surface area contributed by atoms with Crippen molar-refractivity contribution >= 4 is 33.9 Å². The maximum absolute atomic E-state index is 11.2. The zero-order chi connectivity index (χ0) is 11.5. The van der Waals surface area contributed by atoms with E-state index in [2.05, 4.69) is 9.98 Å². The number of nitrogens with zero attached hydrogens (tertiary/aromatic N) is 1. The summed E-state index contributed by atoms with van der Waals surface area (Å²) in [4.78, 5) is 18.0. The predicted octanol–water partition coefficient (Wildman–Crippen LogP) is 1.76. The van der Waals surface area contributed by atoms with Gasteiger partial charge in [-0.3, -0.25) is 4.79 Å². The Morgan fingerprint density at radius 3 is 3.06 bits per heavy atom. The quantitative estimate of drug-likeness (QED) is 0.473. The summed E-state index contributed by atoms with van der Waals surface area (Å²) in [6, 6.07) is 7.03. The van der Waals surface area contributed by atoms with Crippen molar-refractivity contribution in [2.75, 3.05) is 5.88 Å². The second kappa shape index (κ2) is 4.37. The van der Waals surface area contributed by atoms with Gasteiger partial charge in [-0.15, -0.1) is 11.6 Å². The van der Waals surface area contributed by atoms with Gasteiger partial charge in [-0.05, 0) is 6.07 Å². The maximum Gasteiger partial charge on any atom is 0.248 e. The minimum Gasteiger partial charge on any atom is -0.386 e. The molecule has 0 unspecified atom stereocenters. The zero-order valence-electron chi connectivity index (χ0n) is 8.40. The Kier molecular flexibility index (Phi) is 2.92. The number of rotatable bonds is 2. The first kappa shape index (κ1) is 10.7. The van der Waals surface area contributed by atoms with E-state index in [4.69, 9.17) is 17.3 Å². The third-order valence-electron chi connectivity index (χ3n) is 2.16. The van der Waals surface area contributed by atoms with Gasteiger partial charge in [0.2, 0.25) is 5.56 Å².